The van der Waals surface area contributed by atoms with Crippen LogP contribution in [-0.4, -0.2) is 49.8 Å². The zero-order valence-corrected chi connectivity index (χ0v) is 20.1. The van der Waals surface area contributed by atoms with E-state index in [0.29, 0.717) is 17.9 Å². The number of ether oxygens (including phenoxy) is 2. The van der Waals surface area contributed by atoms with E-state index in [0.717, 1.165) is 36.9 Å². The molecule has 3 aliphatic heterocycles. The maximum atomic E-state index is 13.8. The van der Waals surface area contributed by atoms with Crippen molar-refractivity contribution >= 4 is 5.91 Å². The second kappa shape index (κ2) is 8.41. The molecule has 6 rings (SSSR count). The van der Waals surface area contributed by atoms with Crippen molar-refractivity contribution in [1.82, 2.24) is 14.5 Å². The van der Waals surface area contributed by atoms with Crippen LogP contribution in [0.15, 0.2) is 61.2 Å². The third kappa shape index (κ3) is 3.97. The number of amides is 1. The molecule has 0 spiro atoms. The molecule has 2 saturated heterocycles. The number of imidazole rings is 1. The highest BCUT2D eigenvalue weighted by Gasteiger charge is 2.52. The number of nitrogens with zero attached hydrogens (tertiary/aromatic N) is 3. The number of aromatic hydroxyl groups is 1. The minimum atomic E-state index is -0.479. The van der Waals surface area contributed by atoms with Gasteiger partial charge >= 0.3 is 0 Å². The number of aromatic nitrogens is 2. The quantitative estimate of drug-likeness (QED) is 0.604. The van der Waals surface area contributed by atoms with Gasteiger partial charge < -0.3 is 24.0 Å². The first-order chi connectivity index (χ1) is 16.9. The summed E-state index contributed by atoms with van der Waals surface area (Å²) in [6.07, 6.45) is 8.02. The predicted octanol–water partition coefficient (Wildman–Crippen LogP) is 4.56. The van der Waals surface area contributed by atoms with Crippen LogP contribution in [0.1, 0.15) is 60.7 Å². The minimum Gasteiger partial charge on any atom is -0.508 e. The molecule has 0 saturated carbocycles. The van der Waals surface area contributed by atoms with Crippen LogP contribution in [0.2, 0.25) is 0 Å². The van der Waals surface area contributed by atoms with Gasteiger partial charge in [0, 0.05) is 48.6 Å². The molecule has 7 nitrogen and oxygen atoms in total. The largest absolute Gasteiger partial charge is 0.508 e. The van der Waals surface area contributed by atoms with Crippen molar-refractivity contribution in [2.24, 2.45) is 5.92 Å². The van der Waals surface area contributed by atoms with Gasteiger partial charge in [-0.05, 0) is 62.9 Å². The van der Waals surface area contributed by atoms with Gasteiger partial charge in [-0.2, -0.15) is 0 Å². The summed E-state index contributed by atoms with van der Waals surface area (Å²) in [5.41, 5.74) is 2.29. The van der Waals surface area contributed by atoms with Gasteiger partial charge in [-0.3, -0.25) is 4.79 Å². The molecule has 0 unspecified atom stereocenters. The van der Waals surface area contributed by atoms with Crippen LogP contribution in [0.5, 0.6) is 11.5 Å². The third-order valence-corrected chi connectivity index (χ3v) is 7.83. The fourth-order valence-electron chi connectivity index (χ4n) is 6.08. The van der Waals surface area contributed by atoms with Gasteiger partial charge in [-0.15, -0.1) is 0 Å². The van der Waals surface area contributed by atoms with Gasteiger partial charge in [0.05, 0.1) is 24.6 Å². The van der Waals surface area contributed by atoms with Crippen molar-refractivity contribution in [3.05, 3.63) is 77.9 Å². The molecule has 35 heavy (non-hydrogen) atoms. The molecule has 4 atom stereocenters. The van der Waals surface area contributed by atoms with Crippen molar-refractivity contribution < 1.29 is 19.4 Å². The number of hydrogen-bond acceptors (Lipinski definition) is 5. The maximum Gasteiger partial charge on any atom is 0.254 e. The molecule has 1 aromatic heterocycles. The number of carbonyl (C=O) groups excluding carboxylic acids is 1. The molecular formula is C28H31N3O4. The number of piperidine rings is 1. The first kappa shape index (κ1) is 22.2. The molecule has 182 valence electrons. The number of fused-ring (bicyclic) bond motifs is 4. The predicted molar refractivity (Wildman–Crippen MR) is 130 cm³/mol. The summed E-state index contributed by atoms with van der Waals surface area (Å²) in [5, 5.41) is 9.97. The van der Waals surface area contributed by atoms with E-state index >= 15 is 0 Å². The lowest BCUT2D eigenvalue weighted by molar-refractivity contribution is -0.183. The highest BCUT2D eigenvalue weighted by molar-refractivity contribution is 5.94. The van der Waals surface area contributed by atoms with Gasteiger partial charge in [0.1, 0.15) is 17.1 Å². The van der Waals surface area contributed by atoms with Gasteiger partial charge in [0.15, 0.2) is 0 Å². The van der Waals surface area contributed by atoms with E-state index < -0.39 is 5.60 Å². The highest BCUT2D eigenvalue weighted by Crippen LogP contribution is 2.53. The topological polar surface area (TPSA) is 76.8 Å². The molecule has 0 aliphatic carbocycles. The first-order valence-corrected chi connectivity index (χ1v) is 12.4. The molecule has 1 N–H and O–H groups in total. The molecule has 2 fully saturated rings. The zero-order chi connectivity index (χ0) is 24.2. The lowest BCUT2D eigenvalue weighted by atomic mass is 9.72. The monoisotopic (exact) mass is 473 g/mol. The van der Waals surface area contributed by atoms with E-state index in [4.69, 9.17) is 9.47 Å². The van der Waals surface area contributed by atoms with Crippen LogP contribution in [0.3, 0.4) is 0 Å². The number of phenols is 1. The van der Waals surface area contributed by atoms with Crippen LogP contribution in [0.4, 0.5) is 0 Å². The van der Waals surface area contributed by atoms with Crippen LogP contribution < -0.4 is 4.74 Å². The number of benzene rings is 2. The fraction of sp³-hybridized carbons (Fsp3) is 0.429. The van der Waals surface area contributed by atoms with Gasteiger partial charge in [-0.1, -0.05) is 12.1 Å². The van der Waals surface area contributed by atoms with Crippen molar-refractivity contribution in [2.45, 2.75) is 63.5 Å². The molecule has 0 bridgehead atoms. The van der Waals surface area contributed by atoms with Crippen molar-refractivity contribution in [3.8, 4) is 11.5 Å². The summed E-state index contributed by atoms with van der Waals surface area (Å²) in [6.45, 7) is 5.57. The lowest BCUT2D eigenvalue weighted by Crippen LogP contribution is -2.60. The summed E-state index contributed by atoms with van der Waals surface area (Å²) >= 11 is 0. The maximum absolute atomic E-state index is 13.8. The second-order valence-electron chi connectivity index (χ2n) is 10.5. The molecule has 2 aromatic carbocycles. The van der Waals surface area contributed by atoms with Crippen molar-refractivity contribution in [2.75, 3.05) is 6.54 Å². The zero-order valence-electron chi connectivity index (χ0n) is 20.1. The standard InChI is InChI=1S/C28H31N3O4/c1-28(2)22-15-23-24(34-26(22)21-9-8-20(32)14-25(21)35-28)7-4-11-31(23)27(33)19-6-3-5-18(13-19)16-30-12-10-29-17-30/h3,5-6,8-10,12-14,17,22-24,26,32H,4,7,11,15-16H2,1-2H3/t22-,23-,24-,26+/m1/s1. The molecule has 3 aromatic rings. The summed E-state index contributed by atoms with van der Waals surface area (Å²) < 4.78 is 15.1. The summed E-state index contributed by atoms with van der Waals surface area (Å²) in [7, 11) is 0. The first-order valence-electron chi connectivity index (χ1n) is 12.4. The molecule has 7 heteroatoms. The molecule has 3 aliphatic rings. The summed E-state index contributed by atoms with van der Waals surface area (Å²) in [4.78, 5) is 19.9. The van der Waals surface area contributed by atoms with Crippen molar-refractivity contribution in [1.29, 1.82) is 0 Å². The lowest BCUT2D eigenvalue weighted by Gasteiger charge is -2.54. The van der Waals surface area contributed by atoms with Crippen LogP contribution in [-0.2, 0) is 11.3 Å². The average Bonchev–Trinajstić information content (AvgIpc) is 3.35. The van der Waals surface area contributed by atoms with Gasteiger partial charge in [0.2, 0.25) is 0 Å². The van der Waals surface area contributed by atoms with E-state index in [-0.39, 0.29) is 35.8 Å². The molecule has 1 amide bonds. The molecular weight excluding hydrogens is 442 g/mol. The highest BCUT2D eigenvalue weighted by atomic mass is 16.5. The normalized spacial score (nSPS) is 26.7. The number of hydrogen-bond donors (Lipinski definition) is 1. The number of phenolic OH excluding ortho intramolecular Hbond substituents is 1. The van der Waals surface area contributed by atoms with Crippen LogP contribution >= 0.6 is 0 Å². The Bertz CT molecular complexity index is 1240. The smallest absolute Gasteiger partial charge is 0.254 e. The Morgan fingerprint density at radius 1 is 1.23 bits per heavy atom. The average molecular weight is 474 g/mol. The van der Waals surface area contributed by atoms with E-state index in [2.05, 4.69) is 18.8 Å². The Kier molecular flexibility index (Phi) is 5.33. The van der Waals surface area contributed by atoms with Gasteiger partial charge in [0.25, 0.3) is 5.91 Å². The van der Waals surface area contributed by atoms with Gasteiger partial charge in [-0.25, -0.2) is 4.98 Å². The number of carbonyl (C=O) groups is 1. The molecule has 0 radical (unpaired) electrons. The third-order valence-electron chi connectivity index (χ3n) is 7.83. The Morgan fingerprint density at radius 3 is 2.94 bits per heavy atom. The summed E-state index contributed by atoms with van der Waals surface area (Å²) in [6, 6.07) is 13.2. The minimum absolute atomic E-state index is 0.0105. The van der Waals surface area contributed by atoms with E-state index in [1.54, 1.807) is 24.7 Å². The second-order valence-corrected chi connectivity index (χ2v) is 10.5. The fourth-order valence-corrected chi connectivity index (χ4v) is 6.08. The van der Waals surface area contributed by atoms with Crippen molar-refractivity contribution in [3.63, 3.8) is 0 Å². The number of likely N-dealkylation sites (tertiary alicyclic amines) is 1. The van der Waals surface area contributed by atoms with Crippen LogP contribution in [0, 0.1) is 5.92 Å². The van der Waals surface area contributed by atoms with E-state index in [9.17, 15) is 9.90 Å². The number of rotatable bonds is 3. The van der Waals surface area contributed by atoms with Crippen LogP contribution in [0.25, 0.3) is 0 Å². The Balaban J connectivity index is 1.27. The summed E-state index contributed by atoms with van der Waals surface area (Å²) in [5.74, 6) is 1.04. The van der Waals surface area contributed by atoms with E-state index in [1.165, 1.54) is 0 Å². The Morgan fingerprint density at radius 2 is 2.11 bits per heavy atom. The SMILES string of the molecule is CC1(C)Oc2cc(O)ccc2[C@@H]2O[C@@H]3CCCN(C(=O)c4cccc(Cn5ccnc5)c4)[C@@H]3C[C@H]21. The Labute approximate surface area is 205 Å². The Hall–Kier alpha value is -3.32. The van der Waals surface area contributed by atoms with E-state index in [1.807, 2.05) is 46.0 Å². The molecule has 4 heterocycles.